The third kappa shape index (κ3) is 1.66. The lowest BCUT2D eigenvalue weighted by Gasteiger charge is -1.98. The molecular weight excluding hydrogens is 176 g/mol. The maximum Gasteiger partial charge on any atom is 0.196 e. The molecule has 0 radical (unpaired) electrons. The molecule has 0 amide bonds. The molecule has 0 N–H and O–H groups in total. The first-order valence-corrected chi connectivity index (χ1v) is 4.22. The predicted molar refractivity (Wildman–Crippen MR) is 51.9 cm³/mol. The first kappa shape index (κ1) is 8.56. The van der Waals surface area contributed by atoms with Gasteiger partial charge in [-0.05, 0) is 0 Å². The minimum atomic E-state index is -0.0498. The Morgan fingerprint density at radius 2 is 1.57 bits per heavy atom. The van der Waals surface area contributed by atoms with Gasteiger partial charge in [0.1, 0.15) is 6.33 Å². The summed E-state index contributed by atoms with van der Waals surface area (Å²) in [5, 5.41) is 0. The third-order valence-electron chi connectivity index (χ3n) is 1.86. The lowest BCUT2D eigenvalue weighted by Crippen LogP contribution is -2.01. The fourth-order valence-electron chi connectivity index (χ4n) is 1.17. The average molecular weight is 184 g/mol. The molecule has 0 bridgehead atoms. The SMILES string of the molecule is O=C(c1ccccc1)c1cncnc1. The second-order valence-corrected chi connectivity index (χ2v) is 2.82. The van der Waals surface area contributed by atoms with Crippen LogP contribution in [0.1, 0.15) is 15.9 Å². The molecule has 1 heterocycles. The Bertz CT molecular complexity index is 384. The van der Waals surface area contributed by atoms with Gasteiger partial charge in [-0.3, -0.25) is 4.79 Å². The van der Waals surface area contributed by atoms with Crippen LogP contribution in [0.2, 0.25) is 0 Å². The van der Waals surface area contributed by atoms with Crippen LogP contribution in [0.3, 0.4) is 0 Å². The normalized spacial score (nSPS) is 9.71. The first-order valence-electron chi connectivity index (χ1n) is 4.22. The molecule has 2 aromatic rings. The van der Waals surface area contributed by atoms with Crippen LogP contribution in [0.15, 0.2) is 49.1 Å². The summed E-state index contributed by atoms with van der Waals surface area (Å²) in [7, 11) is 0. The zero-order chi connectivity index (χ0) is 9.80. The van der Waals surface area contributed by atoms with Gasteiger partial charge in [-0.25, -0.2) is 9.97 Å². The van der Waals surface area contributed by atoms with Crippen LogP contribution in [-0.4, -0.2) is 15.8 Å². The number of aromatic nitrogens is 2. The van der Waals surface area contributed by atoms with Crippen molar-refractivity contribution in [1.29, 1.82) is 0 Å². The van der Waals surface area contributed by atoms with Gasteiger partial charge in [0.2, 0.25) is 0 Å². The zero-order valence-corrected chi connectivity index (χ0v) is 7.42. The van der Waals surface area contributed by atoms with E-state index in [0.29, 0.717) is 11.1 Å². The fraction of sp³-hybridized carbons (Fsp3) is 0. The summed E-state index contributed by atoms with van der Waals surface area (Å²) >= 11 is 0. The van der Waals surface area contributed by atoms with E-state index in [2.05, 4.69) is 9.97 Å². The largest absolute Gasteiger partial charge is 0.288 e. The maximum atomic E-state index is 11.8. The monoisotopic (exact) mass is 184 g/mol. The van der Waals surface area contributed by atoms with Gasteiger partial charge < -0.3 is 0 Å². The molecule has 14 heavy (non-hydrogen) atoms. The Morgan fingerprint density at radius 1 is 0.929 bits per heavy atom. The van der Waals surface area contributed by atoms with E-state index in [-0.39, 0.29) is 5.78 Å². The lowest BCUT2D eigenvalue weighted by atomic mass is 10.1. The number of nitrogens with zero attached hydrogens (tertiary/aromatic N) is 2. The standard InChI is InChI=1S/C11H8N2O/c14-11(9-4-2-1-3-5-9)10-6-12-8-13-7-10/h1-8H. The van der Waals surface area contributed by atoms with Crippen LogP contribution in [0.4, 0.5) is 0 Å². The Morgan fingerprint density at radius 3 is 2.21 bits per heavy atom. The van der Waals surface area contributed by atoms with E-state index in [1.807, 2.05) is 18.2 Å². The fourth-order valence-corrected chi connectivity index (χ4v) is 1.17. The molecule has 0 spiro atoms. The molecule has 2 rings (SSSR count). The smallest absolute Gasteiger partial charge is 0.196 e. The lowest BCUT2D eigenvalue weighted by molar-refractivity contribution is 0.103. The molecule has 0 aliphatic rings. The van der Waals surface area contributed by atoms with E-state index in [4.69, 9.17) is 0 Å². The van der Waals surface area contributed by atoms with Gasteiger partial charge in [0.15, 0.2) is 5.78 Å². The molecule has 0 aliphatic heterocycles. The summed E-state index contributed by atoms with van der Waals surface area (Å²) in [5.74, 6) is -0.0498. The number of hydrogen-bond donors (Lipinski definition) is 0. The summed E-state index contributed by atoms with van der Waals surface area (Å²) < 4.78 is 0. The van der Waals surface area contributed by atoms with Crippen LogP contribution >= 0.6 is 0 Å². The van der Waals surface area contributed by atoms with Gasteiger partial charge in [0.05, 0.1) is 5.56 Å². The van der Waals surface area contributed by atoms with Gasteiger partial charge in [0, 0.05) is 18.0 Å². The topological polar surface area (TPSA) is 42.9 Å². The van der Waals surface area contributed by atoms with Crippen molar-refractivity contribution in [2.45, 2.75) is 0 Å². The molecule has 0 unspecified atom stereocenters. The van der Waals surface area contributed by atoms with Gasteiger partial charge in [-0.15, -0.1) is 0 Å². The summed E-state index contributed by atoms with van der Waals surface area (Å²) in [6.07, 6.45) is 4.44. The maximum absolute atomic E-state index is 11.8. The molecule has 0 saturated carbocycles. The van der Waals surface area contributed by atoms with E-state index in [1.165, 1.54) is 18.7 Å². The number of carbonyl (C=O) groups excluding carboxylic acids is 1. The molecule has 1 aromatic heterocycles. The van der Waals surface area contributed by atoms with Crippen LogP contribution in [0, 0.1) is 0 Å². The molecule has 3 nitrogen and oxygen atoms in total. The van der Waals surface area contributed by atoms with Crippen molar-refractivity contribution in [2.75, 3.05) is 0 Å². The van der Waals surface area contributed by atoms with E-state index in [0.717, 1.165) is 0 Å². The highest BCUT2D eigenvalue weighted by atomic mass is 16.1. The molecule has 0 fully saturated rings. The molecule has 0 atom stereocenters. The number of ketones is 1. The summed E-state index contributed by atoms with van der Waals surface area (Å²) in [5.41, 5.74) is 1.17. The van der Waals surface area contributed by atoms with Crippen LogP contribution < -0.4 is 0 Å². The van der Waals surface area contributed by atoms with Crippen molar-refractivity contribution < 1.29 is 4.79 Å². The molecule has 68 valence electrons. The minimum Gasteiger partial charge on any atom is -0.288 e. The predicted octanol–water partition coefficient (Wildman–Crippen LogP) is 1.71. The number of carbonyl (C=O) groups is 1. The molecule has 1 aromatic carbocycles. The van der Waals surface area contributed by atoms with E-state index in [1.54, 1.807) is 12.1 Å². The second-order valence-electron chi connectivity index (χ2n) is 2.82. The molecule has 0 aliphatic carbocycles. The van der Waals surface area contributed by atoms with Gasteiger partial charge in [0.25, 0.3) is 0 Å². The van der Waals surface area contributed by atoms with E-state index < -0.39 is 0 Å². The molecule has 3 heteroatoms. The first-order chi connectivity index (χ1) is 6.88. The van der Waals surface area contributed by atoms with Crippen molar-refractivity contribution in [3.05, 3.63) is 60.2 Å². The van der Waals surface area contributed by atoms with E-state index >= 15 is 0 Å². The minimum absolute atomic E-state index is 0.0498. The Hall–Kier alpha value is -2.03. The Kier molecular flexibility index (Phi) is 2.32. The van der Waals surface area contributed by atoms with Crippen molar-refractivity contribution in [1.82, 2.24) is 9.97 Å². The Balaban J connectivity index is 2.35. The van der Waals surface area contributed by atoms with Gasteiger partial charge >= 0.3 is 0 Å². The summed E-state index contributed by atoms with van der Waals surface area (Å²) in [6, 6.07) is 9.08. The van der Waals surface area contributed by atoms with Crippen LogP contribution in [0.25, 0.3) is 0 Å². The van der Waals surface area contributed by atoms with Crippen molar-refractivity contribution in [3.8, 4) is 0 Å². The Labute approximate surface area is 81.5 Å². The number of benzene rings is 1. The summed E-state index contributed by atoms with van der Waals surface area (Å²) in [4.78, 5) is 19.4. The quantitative estimate of drug-likeness (QED) is 0.667. The highest BCUT2D eigenvalue weighted by Gasteiger charge is 2.07. The van der Waals surface area contributed by atoms with Gasteiger partial charge in [-0.1, -0.05) is 30.3 Å². The summed E-state index contributed by atoms with van der Waals surface area (Å²) in [6.45, 7) is 0. The van der Waals surface area contributed by atoms with Crippen LogP contribution in [0.5, 0.6) is 0 Å². The van der Waals surface area contributed by atoms with E-state index in [9.17, 15) is 4.79 Å². The third-order valence-corrected chi connectivity index (χ3v) is 1.86. The highest BCUT2D eigenvalue weighted by molar-refractivity contribution is 6.08. The van der Waals surface area contributed by atoms with Crippen molar-refractivity contribution in [3.63, 3.8) is 0 Å². The van der Waals surface area contributed by atoms with Crippen molar-refractivity contribution in [2.24, 2.45) is 0 Å². The van der Waals surface area contributed by atoms with Gasteiger partial charge in [-0.2, -0.15) is 0 Å². The number of rotatable bonds is 2. The molecular formula is C11H8N2O. The second kappa shape index (κ2) is 3.79. The number of hydrogen-bond acceptors (Lipinski definition) is 3. The van der Waals surface area contributed by atoms with Crippen molar-refractivity contribution >= 4 is 5.78 Å². The highest BCUT2D eigenvalue weighted by Crippen LogP contribution is 2.06. The zero-order valence-electron chi connectivity index (χ0n) is 7.42. The molecule has 0 saturated heterocycles. The average Bonchev–Trinajstić information content (AvgIpc) is 2.30. The van der Waals surface area contributed by atoms with Crippen LogP contribution in [-0.2, 0) is 0 Å².